The number of nitrogens with zero attached hydrogens (tertiary/aromatic N) is 3. The highest BCUT2D eigenvalue weighted by Crippen LogP contribution is 2.22. The largest absolute Gasteiger partial charge is 0.326 e. The number of amides is 1. The Hall–Kier alpha value is -2.70. The van der Waals surface area contributed by atoms with Gasteiger partial charge in [-0.1, -0.05) is 25.1 Å². The first-order chi connectivity index (χ1) is 11.4. The predicted octanol–water partition coefficient (Wildman–Crippen LogP) is 3.39. The maximum absolute atomic E-state index is 12.1. The first-order valence-electron chi connectivity index (χ1n) is 8.00. The van der Waals surface area contributed by atoms with E-state index >= 15 is 0 Å². The van der Waals surface area contributed by atoms with Crippen molar-refractivity contribution in [1.29, 1.82) is 0 Å². The molecule has 7 heteroatoms. The van der Waals surface area contributed by atoms with Crippen LogP contribution in [0.4, 0.5) is 11.4 Å². The van der Waals surface area contributed by atoms with Crippen molar-refractivity contribution in [2.45, 2.75) is 46.6 Å². The van der Waals surface area contributed by atoms with Gasteiger partial charge in [0.15, 0.2) is 0 Å². The Bertz CT molecular complexity index is 752. The lowest BCUT2D eigenvalue weighted by atomic mass is 10.1. The van der Waals surface area contributed by atoms with Crippen LogP contribution in [0.3, 0.4) is 0 Å². The first kappa shape index (κ1) is 17.7. The molecule has 1 aromatic carbocycles. The molecule has 0 saturated carbocycles. The summed E-state index contributed by atoms with van der Waals surface area (Å²) < 4.78 is 1.60. The first-order valence-corrected chi connectivity index (χ1v) is 8.00. The van der Waals surface area contributed by atoms with Gasteiger partial charge < -0.3 is 5.32 Å². The molecule has 0 aliphatic carbocycles. The molecule has 1 N–H and O–H groups in total. The van der Waals surface area contributed by atoms with Crippen molar-refractivity contribution < 1.29 is 9.72 Å². The molecule has 2 aromatic rings. The molecule has 128 valence electrons. The number of hydrogen-bond acceptors (Lipinski definition) is 4. The number of carbonyl (C=O) groups excluding carboxylic acids is 1. The Kier molecular flexibility index (Phi) is 5.68. The summed E-state index contributed by atoms with van der Waals surface area (Å²) in [6.45, 7) is 5.82. The summed E-state index contributed by atoms with van der Waals surface area (Å²) in [5.41, 5.74) is 2.91. The molecule has 0 bridgehead atoms. The monoisotopic (exact) mass is 330 g/mol. The zero-order chi connectivity index (χ0) is 17.7. The Labute approximate surface area is 140 Å². The van der Waals surface area contributed by atoms with Crippen molar-refractivity contribution in [2.24, 2.45) is 0 Å². The number of benzene rings is 1. The number of nitrogens with one attached hydrogen (secondary N) is 1. The SMILES string of the molecule is CCc1ccccc1NC(=O)CCCn1nc(C)c([N+](=O)[O-])c1C. The van der Waals surface area contributed by atoms with E-state index in [1.165, 1.54) is 0 Å². The van der Waals surface area contributed by atoms with E-state index in [4.69, 9.17) is 0 Å². The molecule has 2 rings (SSSR count). The highest BCUT2D eigenvalue weighted by atomic mass is 16.6. The minimum absolute atomic E-state index is 0.0522. The van der Waals surface area contributed by atoms with Gasteiger partial charge in [-0.15, -0.1) is 0 Å². The zero-order valence-electron chi connectivity index (χ0n) is 14.2. The number of hydrogen-bond donors (Lipinski definition) is 1. The predicted molar refractivity (Wildman–Crippen MR) is 92.0 cm³/mol. The van der Waals surface area contributed by atoms with Crippen LogP contribution in [0.25, 0.3) is 0 Å². The van der Waals surface area contributed by atoms with Crippen molar-refractivity contribution in [3.8, 4) is 0 Å². The second-order valence-electron chi connectivity index (χ2n) is 5.66. The van der Waals surface area contributed by atoms with Gasteiger partial charge >= 0.3 is 5.69 Å². The summed E-state index contributed by atoms with van der Waals surface area (Å²) in [7, 11) is 0. The van der Waals surface area contributed by atoms with Crippen LogP contribution in [0.1, 0.15) is 36.7 Å². The van der Waals surface area contributed by atoms with Gasteiger partial charge in [-0.25, -0.2) is 0 Å². The van der Waals surface area contributed by atoms with Gasteiger partial charge in [0, 0.05) is 18.7 Å². The van der Waals surface area contributed by atoms with Crippen molar-refractivity contribution in [1.82, 2.24) is 9.78 Å². The van der Waals surface area contributed by atoms with Gasteiger partial charge in [0.1, 0.15) is 11.4 Å². The summed E-state index contributed by atoms with van der Waals surface area (Å²) in [6.07, 6.45) is 1.76. The molecule has 24 heavy (non-hydrogen) atoms. The molecule has 0 atom stereocenters. The van der Waals surface area contributed by atoms with E-state index in [0.717, 1.165) is 17.7 Å². The molecule has 1 amide bonds. The average Bonchev–Trinajstić information content (AvgIpc) is 2.82. The number of aryl methyl sites for hydroxylation is 3. The molecule has 7 nitrogen and oxygen atoms in total. The van der Waals surface area contributed by atoms with E-state index in [0.29, 0.717) is 30.8 Å². The van der Waals surface area contributed by atoms with Gasteiger partial charge in [-0.05, 0) is 38.3 Å². The smallest absolute Gasteiger partial charge is 0.312 e. The fourth-order valence-electron chi connectivity index (χ4n) is 2.72. The highest BCUT2D eigenvalue weighted by molar-refractivity contribution is 5.91. The molecule has 0 aliphatic rings. The van der Waals surface area contributed by atoms with Crippen molar-refractivity contribution in [3.63, 3.8) is 0 Å². The van der Waals surface area contributed by atoms with Crippen molar-refractivity contribution in [3.05, 3.63) is 51.3 Å². The molecule has 0 spiro atoms. The normalized spacial score (nSPS) is 10.6. The average molecular weight is 330 g/mol. The molecular formula is C17H22N4O3. The van der Waals surface area contributed by atoms with E-state index in [-0.39, 0.29) is 11.6 Å². The quantitative estimate of drug-likeness (QED) is 0.622. The van der Waals surface area contributed by atoms with E-state index in [1.807, 2.05) is 31.2 Å². The third-order valence-corrected chi connectivity index (χ3v) is 3.97. The summed E-state index contributed by atoms with van der Waals surface area (Å²) in [4.78, 5) is 22.7. The second-order valence-corrected chi connectivity index (χ2v) is 5.66. The topological polar surface area (TPSA) is 90.1 Å². The van der Waals surface area contributed by atoms with Crippen LogP contribution in [0, 0.1) is 24.0 Å². The van der Waals surface area contributed by atoms with Crippen LogP contribution in [-0.2, 0) is 17.8 Å². The number of carbonyl (C=O) groups is 1. The van der Waals surface area contributed by atoms with Gasteiger partial charge in [-0.2, -0.15) is 5.10 Å². The third kappa shape index (κ3) is 3.98. The lowest BCUT2D eigenvalue weighted by Gasteiger charge is -2.09. The number of aromatic nitrogens is 2. The number of rotatable bonds is 7. The van der Waals surface area contributed by atoms with Crippen LogP contribution >= 0.6 is 0 Å². The molecule has 1 heterocycles. The van der Waals surface area contributed by atoms with Gasteiger partial charge in [0.05, 0.1) is 4.92 Å². The van der Waals surface area contributed by atoms with Gasteiger partial charge in [0.25, 0.3) is 0 Å². The summed E-state index contributed by atoms with van der Waals surface area (Å²) in [5.74, 6) is -0.0630. The van der Waals surface area contributed by atoms with Gasteiger partial charge in [0.2, 0.25) is 5.91 Å². The van der Waals surface area contributed by atoms with E-state index in [1.54, 1.807) is 18.5 Å². The molecular weight excluding hydrogens is 308 g/mol. The zero-order valence-corrected chi connectivity index (χ0v) is 14.2. The number of para-hydroxylation sites is 1. The molecule has 0 fully saturated rings. The molecule has 0 unspecified atom stereocenters. The number of anilines is 1. The van der Waals surface area contributed by atoms with Crippen LogP contribution < -0.4 is 5.32 Å². The van der Waals surface area contributed by atoms with Crippen molar-refractivity contribution in [2.75, 3.05) is 5.32 Å². The number of nitro groups is 1. The molecule has 0 radical (unpaired) electrons. The summed E-state index contributed by atoms with van der Waals surface area (Å²) in [6, 6.07) is 7.72. The minimum Gasteiger partial charge on any atom is -0.326 e. The molecule has 0 aliphatic heterocycles. The summed E-state index contributed by atoms with van der Waals surface area (Å²) >= 11 is 0. The second kappa shape index (κ2) is 7.72. The lowest BCUT2D eigenvalue weighted by molar-refractivity contribution is -0.386. The van der Waals surface area contributed by atoms with Crippen LogP contribution in [0.5, 0.6) is 0 Å². The Balaban J connectivity index is 1.91. The Morgan fingerprint density at radius 2 is 2.04 bits per heavy atom. The van der Waals surface area contributed by atoms with Gasteiger partial charge in [-0.3, -0.25) is 19.6 Å². The third-order valence-electron chi connectivity index (χ3n) is 3.97. The minimum atomic E-state index is -0.414. The molecule has 0 saturated heterocycles. The van der Waals surface area contributed by atoms with Crippen LogP contribution in [0.15, 0.2) is 24.3 Å². The summed E-state index contributed by atoms with van der Waals surface area (Å²) in [5, 5.41) is 18.1. The van der Waals surface area contributed by atoms with E-state index in [9.17, 15) is 14.9 Å². The molecule has 1 aromatic heterocycles. The van der Waals surface area contributed by atoms with E-state index < -0.39 is 4.92 Å². The standard InChI is InChI=1S/C17H22N4O3/c1-4-14-8-5-6-9-15(14)18-16(22)10-7-11-20-13(3)17(21(23)24)12(2)19-20/h5-6,8-9H,4,7,10-11H2,1-3H3,(H,18,22). The van der Waals surface area contributed by atoms with Crippen molar-refractivity contribution >= 4 is 17.3 Å². The van der Waals surface area contributed by atoms with E-state index in [2.05, 4.69) is 10.4 Å². The fourth-order valence-corrected chi connectivity index (χ4v) is 2.72. The maximum Gasteiger partial charge on any atom is 0.312 e. The Morgan fingerprint density at radius 1 is 1.33 bits per heavy atom. The Morgan fingerprint density at radius 3 is 2.67 bits per heavy atom. The fraction of sp³-hybridized carbons (Fsp3) is 0.412. The maximum atomic E-state index is 12.1. The van der Waals surface area contributed by atoms with Crippen LogP contribution in [0.2, 0.25) is 0 Å². The van der Waals surface area contributed by atoms with Crippen LogP contribution in [-0.4, -0.2) is 20.6 Å². The lowest BCUT2D eigenvalue weighted by Crippen LogP contribution is -2.14. The highest BCUT2D eigenvalue weighted by Gasteiger charge is 2.21.